The van der Waals surface area contributed by atoms with E-state index in [0.717, 1.165) is 40.6 Å². The SMILES string of the molecule is Cc1ccc(C)c(CN2C(=O)C(C(C)C(=O)N3CCN(c4ccccn4)CC3)Sc3ccccc32)c1. The summed E-state index contributed by atoms with van der Waals surface area (Å²) >= 11 is 1.53. The molecule has 0 radical (unpaired) electrons. The number of nitrogens with zero attached hydrogens (tertiary/aromatic N) is 4. The third-order valence-electron chi connectivity index (χ3n) is 7.16. The van der Waals surface area contributed by atoms with Gasteiger partial charge < -0.3 is 14.7 Å². The Balaban J connectivity index is 1.33. The smallest absolute Gasteiger partial charge is 0.241 e. The van der Waals surface area contributed by atoms with Crippen molar-refractivity contribution in [2.24, 2.45) is 5.92 Å². The highest BCUT2D eigenvalue weighted by Gasteiger charge is 2.41. The summed E-state index contributed by atoms with van der Waals surface area (Å²) in [5.74, 6) is 0.577. The molecule has 2 amide bonds. The lowest BCUT2D eigenvalue weighted by Crippen LogP contribution is -2.53. The van der Waals surface area contributed by atoms with Crippen molar-refractivity contribution in [1.29, 1.82) is 0 Å². The van der Waals surface area contributed by atoms with Gasteiger partial charge in [0.05, 0.1) is 18.2 Å². The van der Waals surface area contributed by atoms with Gasteiger partial charge in [0.2, 0.25) is 11.8 Å². The van der Waals surface area contributed by atoms with Crippen LogP contribution in [0.5, 0.6) is 0 Å². The van der Waals surface area contributed by atoms with Gasteiger partial charge in [-0.2, -0.15) is 0 Å². The van der Waals surface area contributed by atoms with Gasteiger partial charge >= 0.3 is 0 Å². The van der Waals surface area contributed by atoms with Crippen LogP contribution in [0, 0.1) is 19.8 Å². The lowest BCUT2D eigenvalue weighted by molar-refractivity contribution is -0.137. The van der Waals surface area contributed by atoms with E-state index in [0.29, 0.717) is 19.6 Å². The van der Waals surface area contributed by atoms with E-state index in [1.54, 1.807) is 6.20 Å². The fraction of sp³-hybridized carbons (Fsp3) is 0.345. The highest BCUT2D eigenvalue weighted by Crippen LogP contribution is 2.42. The number of hydrogen-bond donors (Lipinski definition) is 0. The summed E-state index contributed by atoms with van der Waals surface area (Å²) in [5, 5.41) is -0.452. The third-order valence-corrected chi connectivity index (χ3v) is 8.62. The van der Waals surface area contributed by atoms with Crippen molar-refractivity contribution in [1.82, 2.24) is 9.88 Å². The Kier molecular flexibility index (Phi) is 7.01. The molecule has 0 spiro atoms. The molecule has 5 rings (SSSR count). The number of para-hydroxylation sites is 1. The summed E-state index contributed by atoms with van der Waals surface area (Å²) in [6.45, 7) is 9.31. The van der Waals surface area contributed by atoms with E-state index >= 15 is 0 Å². The Hall–Kier alpha value is -3.32. The number of aromatic nitrogens is 1. The van der Waals surface area contributed by atoms with Crippen LogP contribution in [0.15, 0.2) is 71.8 Å². The number of amides is 2. The van der Waals surface area contributed by atoms with Crippen LogP contribution in [-0.2, 0) is 16.1 Å². The molecule has 186 valence electrons. The van der Waals surface area contributed by atoms with Crippen molar-refractivity contribution in [2.45, 2.75) is 37.5 Å². The first-order valence-electron chi connectivity index (χ1n) is 12.5. The number of benzene rings is 2. The molecule has 0 saturated carbocycles. The van der Waals surface area contributed by atoms with Gasteiger partial charge in [0, 0.05) is 37.3 Å². The number of thioether (sulfide) groups is 1. The molecule has 3 aromatic rings. The molecule has 2 aliphatic heterocycles. The average molecular weight is 501 g/mol. The summed E-state index contributed by atoms with van der Waals surface area (Å²) in [6.07, 6.45) is 1.79. The molecule has 2 unspecified atom stereocenters. The Morgan fingerprint density at radius 3 is 2.53 bits per heavy atom. The maximum atomic E-state index is 13.9. The van der Waals surface area contributed by atoms with Gasteiger partial charge in [-0.05, 0) is 49.2 Å². The fourth-order valence-corrected chi connectivity index (χ4v) is 6.25. The predicted molar refractivity (Wildman–Crippen MR) is 145 cm³/mol. The van der Waals surface area contributed by atoms with E-state index in [1.165, 1.54) is 17.3 Å². The number of carbonyl (C=O) groups is 2. The highest BCUT2D eigenvalue weighted by molar-refractivity contribution is 8.01. The van der Waals surface area contributed by atoms with Crippen molar-refractivity contribution in [3.63, 3.8) is 0 Å². The maximum absolute atomic E-state index is 13.9. The van der Waals surface area contributed by atoms with Crippen molar-refractivity contribution in [3.8, 4) is 0 Å². The standard InChI is InChI=1S/C29H32N4O2S/c1-20-11-12-21(2)23(18-20)19-33-24-8-4-5-9-25(24)36-27(29(33)35)22(3)28(34)32-16-14-31(15-17-32)26-10-6-7-13-30-26/h4-13,18,22,27H,14-17,19H2,1-3H3. The number of rotatable bonds is 5. The molecule has 0 aliphatic carbocycles. The summed E-state index contributed by atoms with van der Waals surface area (Å²) in [7, 11) is 0. The zero-order valence-corrected chi connectivity index (χ0v) is 21.9. The van der Waals surface area contributed by atoms with E-state index in [2.05, 4.69) is 48.0 Å². The molecule has 2 aromatic carbocycles. The average Bonchev–Trinajstić information content (AvgIpc) is 2.92. The highest BCUT2D eigenvalue weighted by atomic mass is 32.2. The lowest BCUT2D eigenvalue weighted by Gasteiger charge is -2.39. The fourth-order valence-electron chi connectivity index (χ4n) is 4.97. The van der Waals surface area contributed by atoms with E-state index in [-0.39, 0.29) is 11.8 Å². The molecule has 6 nitrogen and oxygen atoms in total. The van der Waals surface area contributed by atoms with E-state index in [9.17, 15) is 9.59 Å². The van der Waals surface area contributed by atoms with Crippen molar-refractivity contribution >= 4 is 35.1 Å². The van der Waals surface area contributed by atoms with Crippen LogP contribution in [0.1, 0.15) is 23.6 Å². The van der Waals surface area contributed by atoms with Gasteiger partial charge in [0.1, 0.15) is 11.1 Å². The van der Waals surface area contributed by atoms with E-state index in [4.69, 9.17) is 0 Å². The van der Waals surface area contributed by atoms with Gasteiger partial charge in [-0.3, -0.25) is 9.59 Å². The molecule has 0 bridgehead atoms. The quantitative estimate of drug-likeness (QED) is 0.509. The number of carbonyl (C=O) groups excluding carboxylic acids is 2. The first-order valence-corrected chi connectivity index (χ1v) is 13.4. The molecular weight excluding hydrogens is 468 g/mol. The Bertz CT molecular complexity index is 1260. The monoisotopic (exact) mass is 500 g/mol. The topological polar surface area (TPSA) is 56.8 Å². The molecule has 0 N–H and O–H groups in total. The number of fused-ring (bicyclic) bond motifs is 1. The first-order chi connectivity index (χ1) is 17.4. The van der Waals surface area contributed by atoms with Crippen LogP contribution in [0.4, 0.5) is 11.5 Å². The second-order valence-corrected chi connectivity index (χ2v) is 10.8. The van der Waals surface area contributed by atoms with Gasteiger partial charge in [0.25, 0.3) is 0 Å². The van der Waals surface area contributed by atoms with Crippen molar-refractivity contribution in [2.75, 3.05) is 36.0 Å². The summed E-state index contributed by atoms with van der Waals surface area (Å²) in [5.41, 5.74) is 4.39. The largest absolute Gasteiger partial charge is 0.353 e. The van der Waals surface area contributed by atoms with Crippen LogP contribution in [-0.4, -0.2) is 53.1 Å². The molecule has 1 saturated heterocycles. The number of pyridine rings is 1. The maximum Gasteiger partial charge on any atom is 0.241 e. The van der Waals surface area contributed by atoms with Crippen LogP contribution in [0.3, 0.4) is 0 Å². The molecule has 36 heavy (non-hydrogen) atoms. The molecule has 1 fully saturated rings. The molecule has 3 heterocycles. The van der Waals surface area contributed by atoms with Crippen LogP contribution in [0.25, 0.3) is 0 Å². The molecule has 1 aromatic heterocycles. The van der Waals surface area contributed by atoms with Gasteiger partial charge in [-0.25, -0.2) is 4.98 Å². The Labute approximate surface area is 217 Å². The molecule has 7 heteroatoms. The number of anilines is 2. The van der Waals surface area contributed by atoms with Crippen LogP contribution in [0.2, 0.25) is 0 Å². The minimum absolute atomic E-state index is 0.00702. The van der Waals surface area contributed by atoms with Gasteiger partial charge in [0.15, 0.2) is 0 Å². The van der Waals surface area contributed by atoms with E-state index < -0.39 is 11.2 Å². The summed E-state index contributed by atoms with van der Waals surface area (Å²) < 4.78 is 0. The van der Waals surface area contributed by atoms with Crippen molar-refractivity contribution < 1.29 is 9.59 Å². The van der Waals surface area contributed by atoms with Gasteiger partial charge in [-0.1, -0.05) is 48.9 Å². The summed E-state index contributed by atoms with van der Waals surface area (Å²) in [6, 6.07) is 20.3. The molecule has 2 atom stereocenters. The second-order valence-electron chi connectivity index (χ2n) is 9.65. The Morgan fingerprint density at radius 2 is 1.78 bits per heavy atom. The Morgan fingerprint density at radius 1 is 1.03 bits per heavy atom. The van der Waals surface area contributed by atoms with Crippen molar-refractivity contribution in [3.05, 3.63) is 83.6 Å². The summed E-state index contributed by atoms with van der Waals surface area (Å²) in [4.78, 5) is 38.9. The van der Waals surface area contributed by atoms with E-state index in [1.807, 2.05) is 53.1 Å². The number of hydrogen-bond acceptors (Lipinski definition) is 5. The predicted octanol–water partition coefficient (Wildman–Crippen LogP) is 4.69. The molecular formula is C29H32N4O2S. The minimum Gasteiger partial charge on any atom is -0.353 e. The zero-order chi connectivity index (χ0) is 25.2. The zero-order valence-electron chi connectivity index (χ0n) is 21.1. The second kappa shape index (κ2) is 10.3. The normalized spacial score (nSPS) is 18.7. The third kappa shape index (κ3) is 4.85. The number of aryl methyl sites for hydroxylation is 2. The van der Waals surface area contributed by atoms with Gasteiger partial charge in [-0.15, -0.1) is 11.8 Å². The van der Waals surface area contributed by atoms with Crippen LogP contribution >= 0.6 is 11.8 Å². The molecule has 2 aliphatic rings. The lowest BCUT2D eigenvalue weighted by atomic mass is 10.0. The van der Waals surface area contributed by atoms with Crippen LogP contribution < -0.4 is 9.80 Å². The number of piperazine rings is 1. The first kappa shape index (κ1) is 24.4. The minimum atomic E-state index is -0.452.